The van der Waals surface area contributed by atoms with Crippen molar-refractivity contribution in [2.75, 3.05) is 6.26 Å². The van der Waals surface area contributed by atoms with Crippen LogP contribution < -0.4 is 10.2 Å². The number of aromatic nitrogens is 4. The van der Waals surface area contributed by atoms with E-state index in [2.05, 4.69) is 20.0 Å². The molecule has 0 aliphatic rings. The van der Waals surface area contributed by atoms with Crippen molar-refractivity contribution < 1.29 is 22.4 Å². The van der Waals surface area contributed by atoms with Crippen molar-refractivity contribution in [3.05, 3.63) is 71.0 Å². The van der Waals surface area contributed by atoms with E-state index in [9.17, 15) is 18.0 Å². The maximum absolute atomic E-state index is 12.3. The molecule has 0 saturated heterocycles. The Bertz CT molecular complexity index is 1270. The van der Waals surface area contributed by atoms with Crippen molar-refractivity contribution in [2.24, 2.45) is 0 Å². The standard InChI is InChI=1S/C20H13F3N4O3S/c1-31-15-4-2-3-13(11-15)27-10-9-16(28)17(25-27)19-24-18(26-30-19)12-5-7-14(8-6-12)29-20(21,22)23/h2-11H,1H3. The van der Waals surface area contributed by atoms with Gasteiger partial charge in [-0.25, -0.2) is 4.68 Å². The largest absolute Gasteiger partial charge is 0.573 e. The zero-order valence-electron chi connectivity index (χ0n) is 15.8. The van der Waals surface area contributed by atoms with Crippen molar-refractivity contribution >= 4 is 11.8 Å². The lowest BCUT2D eigenvalue weighted by Gasteiger charge is -2.08. The van der Waals surface area contributed by atoms with Crippen LogP contribution in [0.5, 0.6) is 5.75 Å². The van der Waals surface area contributed by atoms with Gasteiger partial charge in [0.2, 0.25) is 11.3 Å². The first-order valence-electron chi connectivity index (χ1n) is 8.77. The number of hydrogen-bond acceptors (Lipinski definition) is 7. The van der Waals surface area contributed by atoms with E-state index in [4.69, 9.17) is 4.52 Å². The van der Waals surface area contributed by atoms with Crippen molar-refractivity contribution in [1.29, 1.82) is 0 Å². The first kappa shape index (κ1) is 20.7. The van der Waals surface area contributed by atoms with Crippen molar-refractivity contribution in [2.45, 2.75) is 11.3 Å². The summed E-state index contributed by atoms with van der Waals surface area (Å²) in [5.74, 6) is -0.388. The van der Waals surface area contributed by atoms with Crippen molar-refractivity contribution in [1.82, 2.24) is 19.9 Å². The molecule has 2 heterocycles. The van der Waals surface area contributed by atoms with E-state index in [-0.39, 0.29) is 23.2 Å². The van der Waals surface area contributed by atoms with E-state index in [0.717, 1.165) is 22.7 Å². The third-order valence-corrected chi connectivity index (χ3v) is 4.83. The number of benzene rings is 2. The van der Waals surface area contributed by atoms with Crippen LogP contribution in [0.3, 0.4) is 0 Å². The van der Waals surface area contributed by atoms with Gasteiger partial charge in [-0.1, -0.05) is 11.2 Å². The molecule has 0 fully saturated rings. The first-order valence-corrected chi connectivity index (χ1v) is 9.99. The molecule has 0 radical (unpaired) electrons. The number of rotatable bonds is 5. The second-order valence-corrected chi connectivity index (χ2v) is 7.05. The molecule has 0 saturated carbocycles. The van der Waals surface area contributed by atoms with Gasteiger partial charge in [-0.2, -0.15) is 10.1 Å². The molecule has 4 aromatic rings. The third kappa shape index (κ3) is 4.77. The van der Waals surface area contributed by atoms with E-state index in [1.807, 2.05) is 30.5 Å². The highest BCUT2D eigenvalue weighted by molar-refractivity contribution is 7.98. The molecule has 2 aromatic heterocycles. The highest BCUT2D eigenvalue weighted by Crippen LogP contribution is 2.26. The molecule has 0 amide bonds. The molecule has 0 aliphatic heterocycles. The second kappa shape index (κ2) is 8.26. The Morgan fingerprint density at radius 1 is 1.10 bits per heavy atom. The molecule has 0 aliphatic carbocycles. The number of nitrogens with zero attached hydrogens (tertiary/aromatic N) is 4. The van der Waals surface area contributed by atoms with E-state index >= 15 is 0 Å². The molecule has 11 heteroatoms. The summed E-state index contributed by atoms with van der Waals surface area (Å²) < 4.78 is 47.4. The summed E-state index contributed by atoms with van der Waals surface area (Å²) >= 11 is 1.57. The van der Waals surface area contributed by atoms with Crippen LogP contribution in [0.4, 0.5) is 13.2 Å². The molecule has 0 unspecified atom stereocenters. The minimum Gasteiger partial charge on any atom is -0.406 e. The summed E-state index contributed by atoms with van der Waals surface area (Å²) in [5.41, 5.74) is 0.663. The van der Waals surface area contributed by atoms with Crippen LogP contribution >= 0.6 is 11.8 Å². The smallest absolute Gasteiger partial charge is 0.406 e. The van der Waals surface area contributed by atoms with Crippen LogP contribution in [-0.2, 0) is 0 Å². The van der Waals surface area contributed by atoms with Gasteiger partial charge in [0, 0.05) is 22.7 Å². The molecular formula is C20H13F3N4O3S. The summed E-state index contributed by atoms with van der Waals surface area (Å²) in [7, 11) is 0. The lowest BCUT2D eigenvalue weighted by molar-refractivity contribution is -0.274. The monoisotopic (exact) mass is 446 g/mol. The normalized spacial score (nSPS) is 11.5. The van der Waals surface area contributed by atoms with Crippen LogP contribution in [0.1, 0.15) is 0 Å². The second-order valence-electron chi connectivity index (χ2n) is 6.17. The molecule has 0 atom stereocenters. The quantitative estimate of drug-likeness (QED) is 0.415. The Kier molecular flexibility index (Phi) is 5.51. The topological polar surface area (TPSA) is 83.0 Å². The van der Waals surface area contributed by atoms with Gasteiger partial charge >= 0.3 is 6.36 Å². The zero-order valence-corrected chi connectivity index (χ0v) is 16.6. The van der Waals surface area contributed by atoms with Gasteiger partial charge in [-0.3, -0.25) is 4.79 Å². The molecule has 158 valence electrons. The van der Waals surface area contributed by atoms with Gasteiger partial charge in [0.05, 0.1) is 5.69 Å². The Balaban J connectivity index is 1.64. The molecule has 0 bridgehead atoms. The van der Waals surface area contributed by atoms with Crippen LogP contribution in [0.25, 0.3) is 28.7 Å². The Labute approximate surface area is 177 Å². The van der Waals surface area contributed by atoms with Gasteiger partial charge in [0.15, 0.2) is 5.69 Å². The van der Waals surface area contributed by atoms with Gasteiger partial charge in [0.25, 0.3) is 5.89 Å². The average Bonchev–Trinajstić information content (AvgIpc) is 3.23. The van der Waals surface area contributed by atoms with E-state index in [1.165, 1.54) is 29.1 Å². The minimum atomic E-state index is -4.78. The van der Waals surface area contributed by atoms with Gasteiger partial charge < -0.3 is 9.26 Å². The summed E-state index contributed by atoms with van der Waals surface area (Å²) in [5, 5.41) is 8.10. The Morgan fingerprint density at radius 3 is 2.58 bits per heavy atom. The van der Waals surface area contributed by atoms with Gasteiger partial charge in [0.1, 0.15) is 5.75 Å². The number of alkyl halides is 3. The Hall–Kier alpha value is -3.60. The number of thioether (sulfide) groups is 1. The molecule has 7 nitrogen and oxygen atoms in total. The maximum atomic E-state index is 12.3. The third-order valence-electron chi connectivity index (χ3n) is 4.10. The molecule has 0 spiro atoms. The van der Waals surface area contributed by atoms with E-state index in [1.54, 1.807) is 11.8 Å². The van der Waals surface area contributed by atoms with Gasteiger partial charge in [-0.05, 0) is 48.7 Å². The lowest BCUT2D eigenvalue weighted by Crippen LogP contribution is -2.16. The molecule has 31 heavy (non-hydrogen) atoms. The van der Waals surface area contributed by atoms with E-state index in [0.29, 0.717) is 5.56 Å². The van der Waals surface area contributed by atoms with E-state index < -0.39 is 11.8 Å². The summed E-state index contributed by atoms with van der Waals surface area (Å²) in [4.78, 5) is 17.5. The lowest BCUT2D eigenvalue weighted by atomic mass is 10.2. The molecule has 4 rings (SSSR count). The van der Waals surface area contributed by atoms with Crippen LogP contribution in [-0.4, -0.2) is 32.5 Å². The molecule has 0 N–H and O–H groups in total. The summed E-state index contributed by atoms with van der Waals surface area (Å²) in [6, 6.07) is 13.9. The number of ether oxygens (including phenoxy) is 1. The average molecular weight is 446 g/mol. The SMILES string of the molecule is CSc1cccc(-n2ccc(=O)c(-c3nc(-c4ccc(OC(F)(F)F)cc4)no3)n2)c1. The zero-order chi connectivity index (χ0) is 22.0. The molecule has 2 aromatic carbocycles. The summed E-state index contributed by atoms with van der Waals surface area (Å²) in [6.45, 7) is 0. The van der Waals surface area contributed by atoms with Crippen LogP contribution in [0.2, 0.25) is 0 Å². The van der Waals surface area contributed by atoms with Crippen LogP contribution in [0.15, 0.2) is 75.0 Å². The van der Waals surface area contributed by atoms with Crippen molar-refractivity contribution in [3.8, 4) is 34.4 Å². The minimum absolute atomic E-state index is 0.0483. The predicted octanol–water partition coefficient (Wildman–Crippen LogP) is 4.57. The maximum Gasteiger partial charge on any atom is 0.573 e. The number of halogens is 3. The predicted molar refractivity (Wildman–Crippen MR) is 107 cm³/mol. The fraction of sp³-hybridized carbons (Fsp3) is 0.100. The van der Waals surface area contributed by atoms with Crippen molar-refractivity contribution in [3.63, 3.8) is 0 Å². The molecular weight excluding hydrogens is 433 g/mol. The fourth-order valence-electron chi connectivity index (χ4n) is 2.70. The summed E-state index contributed by atoms with van der Waals surface area (Å²) in [6.07, 6.45) is -1.30. The fourth-order valence-corrected chi connectivity index (χ4v) is 3.15. The number of hydrogen-bond donors (Lipinski definition) is 0. The van der Waals surface area contributed by atoms with Gasteiger partial charge in [-0.15, -0.1) is 24.9 Å². The highest BCUT2D eigenvalue weighted by atomic mass is 32.2. The Morgan fingerprint density at radius 2 is 1.87 bits per heavy atom. The highest BCUT2D eigenvalue weighted by Gasteiger charge is 2.31. The first-order chi connectivity index (χ1) is 14.8. The van der Waals surface area contributed by atoms with Crippen LogP contribution in [0, 0.1) is 0 Å².